The standard InChI is InChI=1S/C6H10F3NO/c7-6(8,9)5(11)4-2-1-3-10-4/h4-5,10-11H,1-3H2/t4-,5?/m0/s1. The predicted octanol–water partition coefficient (Wildman–Crippen LogP) is 0.662. The molecule has 0 spiro atoms. The molecular weight excluding hydrogens is 159 g/mol. The first-order valence-corrected chi connectivity index (χ1v) is 3.50. The van der Waals surface area contributed by atoms with E-state index in [0.717, 1.165) is 0 Å². The van der Waals surface area contributed by atoms with E-state index in [1.807, 2.05) is 0 Å². The highest BCUT2D eigenvalue weighted by molar-refractivity contribution is 4.85. The summed E-state index contributed by atoms with van der Waals surface area (Å²) in [6.07, 6.45) is -5.58. The highest BCUT2D eigenvalue weighted by atomic mass is 19.4. The zero-order valence-electron chi connectivity index (χ0n) is 5.86. The van der Waals surface area contributed by atoms with Gasteiger partial charge in [0.05, 0.1) is 0 Å². The largest absolute Gasteiger partial charge is 0.415 e. The first kappa shape index (κ1) is 8.80. The molecule has 1 aliphatic rings. The summed E-state index contributed by atoms with van der Waals surface area (Å²) >= 11 is 0. The van der Waals surface area contributed by atoms with Crippen LogP contribution in [0.3, 0.4) is 0 Å². The average molecular weight is 169 g/mol. The molecule has 0 aliphatic carbocycles. The van der Waals surface area contributed by atoms with E-state index >= 15 is 0 Å². The molecule has 0 radical (unpaired) electrons. The van der Waals surface area contributed by atoms with Gasteiger partial charge in [-0.15, -0.1) is 0 Å². The molecule has 11 heavy (non-hydrogen) atoms. The molecule has 0 aromatic carbocycles. The molecule has 1 saturated heterocycles. The number of aliphatic hydroxyl groups is 1. The molecule has 5 heteroatoms. The zero-order valence-corrected chi connectivity index (χ0v) is 5.86. The average Bonchev–Trinajstić information content (AvgIpc) is 2.34. The minimum Gasteiger partial charge on any atom is -0.382 e. The van der Waals surface area contributed by atoms with Crippen LogP contribution in [0, 0.1) is 0 Å². The Morgan fingerprint density at radius 3 is 2.45 bits per heavy atom. The number of halogens is 3. The lowest BCUT2D eigenvalue weighted by atomic mass is 10.1. The molecule has 1 unspecified atom stereocenters. The molecule has 1 aliphatic heterocycles. The van der Waals surface area contributed by atoms with Crippen LogP contribution in [0.2, 0.25) is 0 Å². The number of alkyl halides is 3. The number of hydrogen-bond acceptors (Lipinski definition) is 2. The second-order valence-electron chi connectivity index (χ2n) is 2.69. The highest BCUT2D eigenvalue weighted by Crippen LogP contribution is 2.25. The number of aliphatic hydroxyl groups excluding tert-OH is 1. The van der Waals surface area contributed by atoms with Crippen molar-refractivity contribution in [3.8, 4) is 0 Å². The monoisotopic (exact) mass is 169 g/mol. The Balaban J connectivity index is 2.46. The Morgan fingerprint density at radius 2 is 2.09 bits per heavy atom. The van der Waals surface area contributed by atoms with Gasteiger partial charge in [-0.2, -0.15) is 13.2 Å². The molecule has 1 heterocycles. The van der Waals surface area contributed by atoms with Gasteiger partial charge in [0.2, 0.25) is 0 Å². The summed E-state index contributed by atoms with van der Waals surface area (Å²) < 4.78 is 35.4. The van der Waals surface area contributed by atoms with Gasteiger partial charge in [0.15, 0.2) is 6.10 Å². The molecule has 1 fully saturated rings. The summed E-state index contributed by atoms with van der Waals surface area (Å²) in [4.78, 5) is 0. The van der Waals surface area contributed by atoms with E-state index in [1.165, 1.54) is 0 Å². The van der Waals surface area contributed by atoms with Crippen molar-refractivity contribution < 1.29 is 18.3 Å². The van der Waals surface area contributed by atoms with E-state index in [9.17, 15) is 13.2 Å². The zero-order chi connectivity index (χ0) is 8.48. The van der Waals surface area contributed by atoms with Crippen molar-refractivity contribution in [3.63, 3.8) is 0 Å². The van der Waals surface area contributed by atoms with Crippen molar-refractivity contribution in [1.82, 2.24) is 5.32 Å². The Labute approximate surface area is 62.4 Å². The van der Waals surface area contributed by atoms with E-state index in [1.54, 1.807) is 0 Å². The van der Waals surface area contributed by atoms with Crippen molar-refractivity contribution >= 4 is 0 Å². The SMILES string of the molecule is OC([C@@H]1CCCN1)C(F)(F)F. The van der Waals surface area contributed by atoms with Crippen molar-refractivity contribution in [3.05, 3.63) is 0 Å². The first-order chi connectivity index (χ1) is 5.02. The Hall–Kier alpha value is -0.290. The fourth-order valence-electron chi connectivity index (χ4n) is 1.21. The van der Waals surface area contributed by atoms with Crippen LogP contribution in [0.15, 0.2) is 0 Å². The van der Waals surface area contributed by atoms with Crippen LogP contribution in [0.1, 0.15) is 12.8 Å². The Bertz CT molecular complexity index is 130. The van der Waals surface area contributed by atoms with E-state index in [4.69, 9.17) is 5.11 Å². The second kappa shape index (κ2) is 2.98. The van der Waals surface area contributed by atoms with Gasteiger partial charge < -0.3 is 10.4 Å². The van der Waals surface area contributed by atoms with Crippen LogP contribution in [-0.2, 0) is 0 Å². The number of nitrogens with one attached hydrogen (secondary N) is 1. The smallest absolute Gasteiger partial charge is 0.382 e. The molecule has 1 rings (SSSR count). The molecule has 0 aromatic heterocycles. The van der Waals surface area contributed by atoms with Gasteiger partial charge in [-0.05, 0) is 19.4 Å². The maximum atomic E-state index is 11.8. The quantitative estimate of drug-likeness (QED) is 0.604. The third-order valence-corrected chi connectivity index (χ3v) is 1.81. The van der Waals surface area contributed by atoms with Crippen molar-refractivity contribution in [2.75, 3.05) is 6.54 Å². The van der Waals surface area contributed by atoms with E-state index in [-0.39, 0.29) is 0 Å². The lowest BCUT2D eigenvalue weighted by Crippen LogP contribution is -2.44. The summed E-state index contributed by atoms with van der Waals surface area (Å²) in [5.74, 6) is 0. The van der Waals surface area contributed by atoms with E-state index in [0.29, 0.717) is 19.4 Å². The van der Waals surface area contributed by atoms with E-state index < -0.39 is 18.3 Å². The van der Waals surface area contributed by atoms with Crippen LogP contribution >= 0.6 is 0 Å². The fourth-order valence-corrected chi connectivity index (χ4v) is 1.21. The molecular formula is C6H10F3NO. The lowest BCUT2D eigenvalue weighted by Gasteiger charge is -2.20. The van der Waals surface area contributed by atoms with Crippen LogP contribution in [-0.4, -0.2) is 30.0 Å². The normalized spacial score (nSPS) is 28.9. The van der Waals surface area contributed by atoms with Gasteiger partial charge in [-0.25, -0.2) is 0 Å². The van der Waals surface area contributed by atoms with Crippen molar-refractivity contribution in [2.45, 2.75) is 31.2 Å². The summed E-state index contributed by atoms with van der Waals surface area (Å²) in [7, 11) is 0. The first-order valence-electron chi connectivity index (χ1n) is 3.50. The minimum absolute atomic E-state index is 0.403. The van der Waals surface area contributed by atoms with Crippen molar-refractivity contribution in [1.29, 1.82) is 0 Å². The number of hydrogen-bond donors (Lipinski definition) is 2. The predicted molar refractivity (Wildman–Crippen MR) is 33.1 cm³/mol. The molecule has 2 atom stereocenters. The highest BCUT2D eigenvalue weighted by Gasteiger charge is 2.44. The summed E-state index contributed by atoms with van der Waals surface area (Å²) in [5.41, 5.74) is 0. The van der Waals surface area contributed by atoms with Gasteiger partial charge in [0.1, 0.15) is 0 Å². The molecule has 66 valence electrons. The maximum Gasteiger partial charge on any atom is 0.415 e. The van der Waals surface area contributed by atoms with Crippen molar-refractivity contribution in [2.24, 2.45) is 0 Å². The third kappa shape index (κ3) is 2.07. The Morgan fingerprint density at radius 1 is 1.45 bits per heavy atom. The third-order valence-electron chi connectivity index (χ3n) is 1.81. The van der Waals surface area contributed by atoms with Gasteiger partial charge >= 0.3 is 6.18 Å². The summed E-state index contributed by atoms with van der Waals surface area (Å²) in [6, 6.07) is -0.796. The Kier molecular flexibility index (Phi) is 2.39. The van der Waals surface area contributed by atoms with E-state index in [2.05, 4.69) is 5.32 Å². The van der Waals surface area contributed by atoms with Crippen LogP contribution in [0.4, 0.5) is 13.2 Å². The van der Waals surface area contributed by atoms with Crippen LogP contribution < -0.4 is 5.32 Å². The summed E-state index contributed by atoms with van der Waals surface area (Å²) in [6.45, 7) is 0.567. The molecule has 0 amide bonds. The molecule has 0 saturated carbocycles. The van der Waals surface area contributed by atoms with Gasteiger partial charge in [0, 0.05) is 6.04 Å². The van der Waals surface area contributed by atoms with Gasteiger partial charge in [-0.3, -0.25) is 0 Å². The topological polar surface area (TPSA) is 32.3 Å². The van der Waals surface area contributed by atoms with Gasteiger partial charge in [-0.1, -0.05) is 0 Å². The lowest BCUT2D eigenvalue weighted by molar-refractivity contribution is -0.210. The minimum atomic E-state index is -4.48. The van der Waals surface area contributed by atoms with Gasteiger partial charge in [0.25, 0.3) is 0 Å². The second-order valence-corrected chi connectivity index (χ2v) is 2.69. The maximum absolute atomic E-state index is 11.8. The molecule has 0 bridgehead atoms. The number of rotatable bonds is 1. The fraction of sp³-hybridized carbons (Fsp3) is 1.00. The molecule has 0 aromatic rings. The van der Waals surface area contributed by atoms with Crippen LogP contribution in [0.5, 0.6) is 0 Å². The van der Waals surface area contributed by atoms with Crippen LogP contribution in [0.25, 0.3) is 0 Å². The molecule has 2 nitrogen and oxygen atoms in total. The summed E-state index contributed by atoms with van der Waals surface area (Å²) in [5, 5.41) is 11.3. The molecule has 2 N–H and O–H groups in total.